The molecule has 1 aliphatic carbocycles. The first kappa shape index (κ1) is 18.7. The molecule has 0 unspecified atom stereocenters. The molecular formula is C25H27N2+. The van der Waals surface area contributed by atoms with Crippen molar-refractivity contribution in [1.82, 2.24) is 0 Å². The highest BCUT2D eigenvalue weighted by molar-refractivity contribution is 6.02. The van der Waals surface area contributed by atoms with Crippen molar-refractivity contribution in [2.24, 2.45) is 0 Å². The number of benzene rings is 2. The topological polar surface area (TPSA) is 6.25 Å². The van der Waals surface area contributed by atoms with Crippen molar-refractivity contribution in [3.8, 4) is 0 Å². The first-order valence-corrected chi connectivity index (χ1v) is 9.20. The van der Waals surface area contributed by atoms with Gasteiger partial charge in [-0.15, -0.1) is 0 Å². The van der Waals surface area contributed by atoms with Crippen LogP contribution in [0.3, 0.4) is 0 Å². The molecule has 0 N–H and O–H groups in total. The van der Waals surface area contributed by atoms with Gasteiger partial charge in [0, 0.05) is 31.9 Å². The summed E-state index contributed by atoms with van der Waals surface area (Å²) in [6.07, 6.45) is 13.0. The van der Waals surface area contributed by atoms with Crippen molar-refractivity contribution < 1.29 is 4.58 Å². The third-order valence-electron chi connectivity index (χ3n) is 4.63. The van der Waals surface area contributed by atoms with E-state index in [1.54, 1.807) is 0 Å². The number of hydrogen-bond acceptors (Lipinski definition) is 1. The summed E-state index contributed by atoms with van der Waals surface area (Å²) in [5, 5.41) is 0. The summed E-state index contributed by atoms with van der Waals surface area (Å²) in [7, 11) is 8.25. The maximum Gasteiger partial charge on any atom is 0.199 e. The van der Waals surface area contributed by atoms with Crippen molar-refractivity contribution in [3.05, 3.63) is 108 Å². The van der Waals surface area contributed by atoms with E-state index in [2.05, 4.69) is 129 Å². The molecule has 0 fully saturated rings. The highest BCUT2D eigenvalue weighted by Gasteiger charge is 2.06. The molecule has 3 rings (SSSR count). The van der Waals surface area contributed by atoms with Crippen molar-refractivity contribution >= 4 is 17.0 Å². The fourth-order valence-corrected chi connectivity index (χ4v) is 2.98. The van der Waals surface area contributed by atoms with Crippen LogP contribution < -0.4 is 4.90 Å². The highest BCUT2D eigenvalue weighted by atomic mass is 15.1. The Balaban J connectivity index is 1.98. The zero-order chi connectivity index (χ0) is 19.2. The van der Waals surface area contributed by atoms with Gasteiger partial charge in [0.15, 0.2) is 5.71 Å². The zero-order valence-corrected chi connectivity index (χ0v) is 16.6. The fraction of sp³-hybridized carbons (Fsp3) is 0.160. The molecule has 0 aliphatic heterocycles. The summed E-state index contributed by atoms with van der Waals surface area (Å²) < 4.78 is 2.11. The Bertz CT molecular complexity index is 916. The summed E-state index contributed by atoms with van der Waals surface area (Å²) in [6.45, 7) is 0. The molecule has 27 heavy (non-hydrogen) atoms. The van der Waals surface area contributed by atoms with Gasteiger partial charge in [0.2, 0.25) is 0 Å². The van der Waals surface area contributed by atoms with Gasteiger partial charge in [0.05, 0.1) is 0 Å². The lowest BCUT2D eigenvalue weighted by Crippen LogP contribution is -2.09. The number of rotatable bonds is 4. The van der Waals surface area contributed by atoms with Crippen LogP contribution in [0.15, 0.2) is 96.6 Å². The SMILES string of the molecule is CN(C)c1ccc(C(=CC=C2C=CC(=[N+](C)C)C=C2)c2ccccc2)cc1. The second-order valence-corrected chi connectivity index (χ2v) is 7.04. The van der Waals surface area contributed by atoms with E-state index in [1.807, 2.05) is 0 Å². The maximum atomic E-state index is 2.21. The van der Waals surface area contributed by atoms with E-state index in [0.29, 0.717) is 0 Å². The lowest BCUT2D eigenvalue weighted by Gasteiger charge is -2.14. The third kappa shape index (κ3) is 4.73. The number of anilines is 1. The molecule has 0 heterocycles. The van der Waals surface area contributed by atoms with Gasteiger partial charge in [0.25, 0.3) is 0 Å². The van der Waals surface area contributed by atoms with Gasteiger partial charge in [-0.25, -0.2) is 4.58 Å². The molecule has 0 saturated carbocycles. The molecule has 2 heteroatoms. The minimum absolute atomic E-state index is 1.19. The molecule has 0 spiro atoms. The zero-order valence-electron chi connectivity index (χ0n) is 16.6. The minimum atomic E-state index is 1.19. The number of hydrogen-bond donors (Lipinski definition) is 0. The Morgan fingerprint density at radius 3 is 1.93 bits per heavy atom. The van der Waals surface area contributed by atoms with Crippen LogP contribution in [0, 0.1) is 0 Å². The van der Waals surface area contributed by atoms with Crippen molar-refractivity contribution in [2.75, 3.05) is 33.1 Å². The van der Waals surface area contributed by atoms with Crippen LogP contribution in [0.4, 0.5) is 5.69 Å². The summed E-state index contributed by atoms with van der Waals surface area (Å²) >= 11 is 0. The molecule has 1 aliphatic rings. The van der Waals surface area contributed by atoms with E-state index < -0.39 is 0 Å². The van der Waals surface area contributed by atoms with E-state index in [4.69, 9.17) is 0 Å². The van der Waals surface area contributed by atoms with E-state index in [-0.39, 0.29) is 0 Å². The largest absolute Gasteiger partial charge is 0.378 e. The molecule has 0 saturated heterocycles. The van der Waals surface area contributed by atoms with Gasteiger partial charge in [-0.3, -0.25) is 0 Å². The smallest absolute Gasteiger partial charge is 0.199 e. The second kappa shape index (κ2) is 8.50. The molecule has 0 radical (unpaired) electrons. The molecule has 0 atom stereocenters. The van der Waals surface area contributed by atoms with Gasteiger partial charge in [0.1, 0.15) is 14.1 Å². The Labute approximate surface area is 162 Å². The molecular weight excluding hydrogens is 328 g/mol. The maximum absolute atomic E-state index is 2.21. The molecule has 2 aromatic carbocycles. The summed E-state index contributed by atoms with van der Waals surface area (Å²) in [5.41, 5.74) is 7.26. The standard InChI is InChI=1S/C25H27N2/c1-26(2)23-15-10-20(11-16-23)12-19-25(21-8-6-5-7-9-21)22-13-17-24(18-14-22)27(3)4/h5-19H,1-4H3/q+1. The first-order valence-electron chi connectivity index (χ1n) is 9.20. The van der Waals surface area contributed by atoms with Crippen LogP contribution in [-0.4, -0.2) is 38.5 Å². The van der Waals surface area contributed by atoms with Crippen LogP contribution >= 0.6 is 0 Å². The number of nitrogens with zero attached hydrogens (tertiary/aromatic N) is 2. The highest BCUT2D eigenvalue weighted by Crippen LogP contribution is 2.26. The molecule has 2 nitrogen and oxygen atoms in total. The van der Waals surface area contributed by atoms with Crippen molar-refractivity contribution in [2.45, 2.75) is 0 Å². The second-order valence-electron chi connectivity index (χ2n) is 7.04. The fourth-order valence-electron chi connectivity index (χ4n) is 2.98. The van der Waals surface area contributed by atoms with Crippen LogP contribution in [0.2, 0.25) is 0 Å². The van der Waals surface area contributed by atoms with Gasteiger partial charge in [-0.2, -0.15) is 0 Å². The Hall–Kier alpha value is -3.13. The van der Waals surface area contributed by atoms with Crippen LogP contribution in [0.25, 0.3) is 5.57 Å². The quantitative estimate of drug-likeness (QED) is 0.703. The van der Waals surface area contributed by atoms with Crippen molar-refractivity contribution in [3.63, 3.8) is 0 Å². The minimum Gasteiger partial charge on any atom is -0.378 e. The van der Waals surface area contributed by atoms with E-state index >= 15 is 0 Å². The van der Waals surface area contributed by atoms with Gasteiger partial charge in [-0.05, 0) is 46.6 Å². The average Bonchev–Trinajstić information content (AvgIpc) is 2.69. The molecule has 2 aromatic rings. The molecule has 0 amide bonds. The van der Waals surface area contributed by atoms with Gasteiger partial charge in [-0.1, -0.05) is 54.6 Å². The molecule has 0 aromatic heterocycles. The normalized spacial score (nSPS) is 13.7. The lowest BCUT2D eigenvalue weighted by molar-refractivity contribution is -0.462. The Kier molecular flexibility index (Phi) is 5.87. The average molecular weight is 356 g/mol. The number of allylic oxidation sites excluding steroid dienone is 7. The first-order chi connectivity index (χ1) is 13.0. The predicted molar refractivity (Wildman–Crippen MR) is 118 cm³/mol. The van der Waals surface area contributed by atoms with E-state index in [0.717, 1.165) is 0 Å². The van der Waals surface area contributed by atoms with Crippen LogP contribution in [-0.2, 0) is 0 Å². The van der Waals surface area contributed by atoms with Crippen LogP contribution in [0.5, 0.6) is 0 Å². The third-order valence-corrected chi connectivity index (χ3v) is 4.63. The van der Waals surface area contributed by atoms with E-state index in [9.17, 15) is 0 Å². The van der Waals surface area contributed by atoms with Crippen molar-refractivity contribution in [1.29, 1.82) is 0 Å². The lowest BCUT2D eigenvalue weighted by atomic mass is 9.96. The monoisotopic (exact) mass is 355 g/mol. The Morgan fingerprint density at radius 2 is 1.37 bits per heavy atom. The summed E-state index contributed by atoms with van der Waals surface area (Å²) in [5.74, 6) is 0. The predicted octanol–water partition coefficient (Wildman–Crippen LogP) is 4.95. The van der Waals surface area contributed by atoms with Crippen LogP contribution in [0.1, 0.15) is 11.1 Å². The summed E-state index contributed by atoms with van der Waals surface area (Å²) in [6, 6.07) is 19.3. The summed E-state index contributed by atoms with van der Waals surface area (Å²) in [4.78, 5) is 2.12. The Morgan fingerprint density at radius 1 is 0.778 bits per heavy atom. The van der Waals surface area contributed by atoms with Gasteiger partial charge >= 0.3 is 0 Å². The van der Waals surface area contributed by atoms with Gasteiger partial charge < -0.3 is 4.90 Å². The van der Waals surface area contributed by atoms with E-state index in [1.165, 1.54) is 33.7 Å². The molecule has 0 bridgehead atoms. The molecule has 136 valence electrons.